The molecule has 0 fully saturated rings. The molecule has 0 N–H and O–H groups in total. The fraction of sp³-hybridized carbons (Fsp3) is 0.0435. The standard InChI is InChI=1S/C23H14Cl2FNO3/c24-16-8-9-19(25)18(12-16)22-27-21(23(28)30-22)11-14-4-3-6-17(10-14)29-13-15-5-1-2-7-20(15)26/h1-12H,13H2. The van der Waals surface area contributed by atoms with E-state index in [0.29, 0.717) is 32.5 Å². The van der Waals surface area contributed by atoms with Gasteiger partial charge in [-0.25, -0.2) is 14.2 Å². The zero-order chi connectivity index (χ0) is 21.1. The minimum absolute atomic E-state index is 0.0876. The number of benzene rings is 3. The number of nitrogens with zero attached hydrogens (tertiary/aromatic N) is 1. The minimum atomic E-state index is -0.598. The lowest BCUT2D eigenvalue weighted by Gasteiger charge is -2.07. The molecule has 3 aromatic rings. The zero-order valence-corrected chi connectivity index (χ0v) is 17.0. The van der Waals surface area contributed by atoms with E-state index < -0.39 is 5.97 Å². The molecule has 4 rings (SSSR count). The summed E-state index contributed by atoms with van der Waals surface area (Å²) in [6.07, 6.45) is 1.57. The van der Waals surface area contributed by atoms with Gasteiger partial charge in [0.1, 0.15) is 18.2 Å². The van der Waals surface area contributed by atoms with Gasteiger partial charge < -0.3 is 9.47 Å². The summed E-state index contributed by atoms with van der Waals surface area (Å²) < 4.78 is 24.7. The largest absolute Gasteiger partial charge is 0.489 e. The Morgan fingerprint density at radius 2 is 1.87 bits per heavy atom. The van der Waals surface area contributed by atoms with Crippen LogP contribution in [-0.2, 0) is 16.1 Å². The molecule has 150 valence electrons. The molecule has 1 heterocycles. The molecule has 3 aromatic carbocycles. The minimum Gasteiger partial charge on any atom is -0.489 e. The predicted octanol–water partition coefficient (Wildman–Crippen LogP) is 6.06. The molecule has 4 nitrogen and oxygen atoms in total. The van der Waals surface area contributed by atoms with Crippen molar-refractivity contribution < 1.29 is 18.7 Å². The van der Waals surface area contributed by atoms with Gasteiger partial charge in [0.25, 0.3) is 0 Å². The lowest BCUT2D eigenvalue weighted by Crippen LogP contribution is -2.06. The van der Waals surface area contributed by atoms with Gasteiger partial charge in [-0.3, -0.25) is 0 Å². The molecule has 0 aromatic heterocycles. The zero-order valence-electron chi connectivity index (χ0n) is 15.4. The lowest BCUT2D eigenvalue weighted by atomic mass is 10.2. The number of halogens is 3. The number of rotatable bonds is 5. The fourth-order valence-electron chi connectivity index (χ4n) is 2.81. The maximum absolute atomic E-state index is 13.7. The maximum atomic E-state index is 13.7. The van der Waals surface area contributed by atoms with E-state index in [4.69, 9.17) is 32.7 Å². The Kier molecular flexibility index (Phi) is 5.84. The first-order valence-corrected chi connectivity index (χ1v) is 9.69. The van der Waals surface area contributed by atoms with Crippen LogP contribution in [0.5, 0.6) is 5.75 Å². The summed E-state index contributed by atoms with van der Waals surface area (Å²) in [5.74, 6) is -0.309. The first-order chi connectivity index (χ1) is 14.5. The summed E-state index contributed by atoms with van der Waals surface area (Å²) in [7, 11) is 0. The molecule has 1 aliphatic heterocycles. The van der Waals surface area contributed by atoms with Crippen molar-refractivity contribution in [2.24, 2.45) is 4.99 Å². The van der Waals surface area contributed by atoms with Gasteiger partial charge in [0, 0.05) is 10.6 Å². The topological polar surface area (TPSA) is 47.9 Å². The number of hydrogen-bond acceptors (Lipinski definition) is 4. The predicted molar refractivity (Wildman–Crippen MR) is 114 cm³/mol. The molecular weight excluding hydrogens is 428 g/mol. The van der Waals surface area contributed by atoms with E-state index in [2.05, 4.69) is 4.99 Å². The van der Waals surface area contributed by atoms with Crippen molar-refractivity contribution in [3.8, 4) is 5.75 Å². The maximum Gasteiger partial charge on any atom is 0.363 e. The molecule has 0 atom stereocenters. The Hall–Kier alpha value is -3.15. The summed E-state index contributed by atoms with van der Waals surface area (Å²) in [5, 5.41) is 0.820. The van der Waals surface area contributed by atoms with Crippen LogP contribution in [0.3, 0.4) is 0 Å². The molecule has 30 heavy (non-hydrogen) atoms. The van der Waals surface area contributed by atoms with Crippen LogP contribution in [0.4, 0.5) is 4.39 Å². The third kappa shape index (κ3) is 4.53. The van der Waals surface area contributed by atoms with Crippen molar-refractivity contribution in [1.29, 1.82) is 0 Å². The molecule has 0 spiro atoms. The van der Waals surface area contributed by atoms with Crippen LogP contribution in [0.1, 0.15) is 16.7 Å². The van der Waals surface area contributed by atoms with Gasteiger partial charge in [0.2, 0.25) is 5.90 Å². The number of carbonyl (C=O) groups is 1. The molecule has 1 aliphatic rings. The molecule has 0 unspecified atom stereocenters. The second-order valence-electron chi connectivity index (χ2n) is 6.41. The van der Waals surface area contributed by atoms with E-state index in [-0.39, 0.29) is 24.0 Å². The monoisotopic (exact) mass is 441 g/mol. The van der Waals surface area contributed by atoms with Crippen molar-refractivity contribution in [1.82, 2.24) is 0 Å². The smallest absolute Gasteiger partial charge is 0.363 e. The highest BCUT2D eigenvalue weighted by molar-refractivity contribution is 6.36. The van der Waals surface area contributed by atoms with Crippen LogP contribution in [0.25, 0.3) is 6.08 Å². The molecule has 0 aliphatic carbocycles. The average molecular weight is 442 g/mol. The SMILES string of the molecule is O=C1OC(c2cc(Cl)ccc2Cl)=NC1=Cc1cccc(OCc2ccccc2F)c1. The lowest BCUT2D eigenvalue weighted by molar-refractivity contribution is -0.129. The number of cyclic esters (lactones) is 1. The van der Waals surface area contributed by atoms with Crippen LogP contribution in [0, 0.1) is 5.82 Å². The third-order valence-corrected chi connectivity index (χ3v) is 4.86. The summed E-state index contributed by atoms with van der Waals surface area (Å²) in [4.78, 5) is 16.5. The second kappa shape index (κ2) is 8.69. The van der Waals surface area contributed by atoms with Crippen LogP contribution in [0.15, 0.2) is 77.4 Å². The van der Waals surface area contributed by atoms with Crippen molar-refractivity contribution in [2.75, 3.05) is 0 Å². The van der Waals surface area contributed by atoms with Gasteiger partial charge in [0.05, 0.1) is 10.6 Å². The Bertz CT molecular complexity index is 1190. The number of esters is 1. The summed E-state index contributed by atoms with van der Waals surface area (Å²) in [6.45, 7) is 0.0876. The summed E-state index contributed by atoms with van der Waals surface area (Å²) >= 11 is 12.1. The van der Waals surface area contributed by atoms with Gasteiger partial charge >= 0.3 is 5.97 Å². The third-order valence-electron chi connectivity index (χ3n) is 4.29. The highest BCUT2D eigenvalue weighted by atomic mass is 35.5. The molecule has 0 amide bonds. The summed E-state index contributed by atoms with van der Waals surface area (Å²) in [6, 6.07) is 18.3. The quantitative estimate of drug-likeness (QED) is 0.357. The number of carbonyl (C=O) groups excluding carboxylic acids is 1. The second-order valence-corrected chi connectivity index (χ2v) is 7.26. The van der Waals surface area contributed by atoms with E-state index in [1.807, 2.05) is 0 Å². The van der Waals surface area contributed by atoms with Gasteiger partial charge in [-0.2, -0.15) is 0 Å². The number of aliphatic imine (C=N–C) groups is 1. The molecule has 7 heteroatoms. The Morgan fingerprint density at radius 3 is 2.70 bits per heavy atom. The number of hydrogen-bond donors (Lipinski definition) is 0. The van der Waals surface area contributed by atoms with E-state index >= 15 is 0 Å². The Balaban J connectivity index is 1.55. The van der Waals surface area contributed by atoms with E-state index in [9.17, 15) is 9.18 Å². The molecule has 0 bridgehead atoms. The van der Waals surface area contributed by atoms with Crippen molar-refractivity contribution >= 4 is 41.1 Å². The molecular formula is C23H14Cl2FNO3. The molecule has 0 saturated heterocycles. The molecule has 0 radical (unpaired) electrons. The van der Waals surface area contributed by atoms with E-state index in [1.54, 1.807) is 66.7 Å². The van der Waals surface area contributed by atoms with Crippen molar-refractivity contribution in [2.45, 2.75) is 6.61 Å². The summed E-state index contributed by atoms with van der Waals surface area (Å²) in [5.41, 5.74) is 1.68. The van der Waals surface area contributed by atoms with Gasteiger partial charge in [-0.1, -0.05) is 53.5 Å². The van der Waals surface area contributed by atoms with Crippen LogP contribution in [0.2, 0.25) is 10.0 Å². The number of ether oxygens (including phenoxy) is 2. The first-order valence-electron chi connectivity index (χ1n) is 8.94. The Labute approximate surface area is 182 Å². The first kappa shape index (κ1) is 20.1. The Morgan fingerprint density at radius 1 is 1.03 bits per heavy atom. The normalized spacial score (nSPS) is 14.6. The van der Waals surface area contributed by atoms with Gasteiger partial charge in [-0.05, 0) is 48.0 Å². The van der Waals surface area contributed by atoms with Gasteiger partial charge in [0.15, 0.2) is 5.70 Å². The highest BCUT2D eigenvalue weighted by Crippen LogP contribution is 2.27. The molecule has 0 saturated carbocycles. The fourth-order valence-corrected chi connectivity index (χ4v) is 3.18. The van der Waals surface area contributed by atoms with E-state index in [1.165, 1.54) is 6.07 Å². The highest BCUT2D eigenvalue weighted by Gasteiger charge is 2.25. The van der Waals surface area contributed by atoms with Crippen molar-refractivity contribution in [3.63, 3.8) is 0 Å². The van der Waals surface area contributed by atoms with Crippen LogP contribution in [-0.4, -0.2) is 11.9 Å². The van der Waals surface area contributed by atoms with Crippen LogP contribution < -0.4 is 4.74 Å². The van der Waals surface area contributed by atoms with Crippen molar-refractivity contribution in [3.05, 3.63) is 105 Å². The van der Waals surface area contributed by atoms with Crippen LogP contribution >= 0.6 is 23.2 Å². The average Bonchev–Trinajstić information content (AvgIpc) is 3.09. The van der Waals surface area contributed by atoms with Gasteiger partial charge in [-0.15, -0.1) is 0 Å². The van der Waals surface area contributed by atoms with E-state index in [0.717, 1.165) is 0 Å².